The molecule has 3 N–H and O–H groups in total. The van der Waals surface area contributed by atoms with Gasteiger partial charge in [0.2, 0.25) is 5.91 Å². The maximum absolute atomic E-state index is 14.8. The topological polar surface area (TPSA) is 104 Å². The zero-order valence-electron chi connectivity index (χ0n) is 18.6. The van der Waals surface area contributed by atoms with Gasteiger partial charge in [0.15, 0.2) is 9.84 Å². The van der Waals surface area contributed by atoms with E-state index in [1.54, 1.807) is 42.5 Å². The Hall–Kier alpha value is -3.43. The molecule has 0 aliphatic carbocycles. The lowest BCUT2D eigenvalue weighted by atomic mass is 10.0. The summed E-state index contributed by atoms with van der Waals surface area (Å²) >= 11 is 5.82. The molecule has 0 atom stereocenters. The first-order valence-electron chi connectivity index (χ1n) is 10.1. The van der Waals surface area contributed by atoms with Crippen LogP contribution in [0.25, 0.3) is 11.1 Å². The Labute approximate surface area is 202 Å². The minimum atomic E-state index is -3.52. The van der Waals surface area contributed by atoms with E-state index in [4.69, 9.17) is 11.6 Å². The summed E-state index contributed by atoms with van der Waals surface area (Å²) in [6, 6.07) is 16.1. The van der Waals surface area contributed by atoms with Crippen molar-refractivity contribution < 1.29 is 22.4 Å². The SMILES string of the molecule is CC(C)(NC(=O)Nc1ccc(Cl)cc1)C(=O)Nc1ccc(-c2ccccc2S(C)(=O)=O)cc1F. The molecule has 3 amide bonds. The minimum Gasteiger partial charge on any atom is -0.324 e. The standard InChI is InChI=1S/C24H23ClFN3O4S/c1-24(2,29-23(31)27-17-11-9-16(25)10-12-17)22(30)28-20-13-8-15(14-19(20)26)18-6-4-5-7-21(18)34(3,32)33/h4-14H,1-3H3,(H,28,30)(H2,27,29,31). The van der Waals surface area contributed by atoms with E-state index in [1.807, 2.05) is 0 Å². The summed E-state index contributed by atoms with van der Waals surface area (Å²) in [5.74, 6) is -1.41. The van der Waals surface area contributed by atoms with E-state index < -0.39 is 33.1 Å². The average Bonchev–Trinajstić information content (AvgIpc) is 2.75. The highest BCUT2D eigenvalue weighted by Crippen LogP contribution is 2.30. The van der Waals surface area contributed by atoms with E-state index in [-0.39, 0.29) is 10.6 Å². The van der Waals surface area contributed by atoms with Crippen LogP contribution < -0.4 is 16.0 Å². The number of nitrogens with one attached hydrogen (secondary N) is 3. The number of amides is 3. The predicted octanol–water partition coefficient (Wildman–Crippen LogP) is 5.09. The molecule has 7 nitrogen and oxygen atoms in total. The summed E-state index contributed by atoms with van der Waals surface area (Å²) < 4.78 is 38.9. The van der Waals surface area contributed by atoms with Gasteiger partial charge in [-0.3, -0.25) is 4.79 Å². The van der Waals surface area contributed by atoms with Crippen LogP contribution in [0.15, 0.2) is 71.6 Å². The van der Waals surface area contributed by atoms with Crippen molar-refractivity contribution in [2.75, 3.05) is 16.9 Å². The van der Waals surface area contributed by atoms with Crippen LogP contribution in [-0.2, 0) is 14.6 Å². The fraction of sp³-hybridized carbons (Fsp3) is 0.167. The summed E-state index contributed by atoms with van der Waals surface area (Å²) in [7, 11) is -3.52. The second kappa shape index (κ2) is 9.82. The smallest absolute Gasteiger partial charge is 0.320 e. The van der Waals surface area contributed by atoms with Gasteiger partial charge in [-0.15, -0.1) is 0 Å². The number of carbonyl (C=O) groups excluding carboxylic acids is 2. The van der Waals surface area contributed by atoms with Gasteiger partial charge in [0.25, 0.3) is 0 Å². The Balaban J connectivity index is 1.73. The number of halogens is 2. The Morgan fingerprint density at radius 3 is 2.21 bits per heavy atom. The van der Waals surface area contributed by atoms with E-state index in [0.29, 0.717) is 21.8 Å². The van der Waals surface area contributed by atoms with Gasteiger partial charge >= 0.3 is 6.03 Å². The molecule has 0 radical (unpaired) electrons. The summed E-state index contributed by atoms with van der Waals surface area (Å²) in [6.45, 7) is 2.94. The first-order chi connectivity index (χ1) is 15.9. The van der Waals surface area contributed by atoms with Crippen LogP contribution in [0.5, 0.6) is 0 Å². The molecule has 178 valence electrons. The Morgan fingerprint density at radius 1 is 0.941 bits per heavy atom. The lowest BCUT2D eigenvalue weighted by Crippen LogP contribution is -2.53. The van der Waals surface area contributed by atoms with Crippen molar-refractivity contribution in [3.8, 4) is 11.1 Å². The summed E-state index contributed by atoms with van der Waals surface area (Å²) in [4.78, 5) is 25.1. The molecular weight excluding hydrogens is 481 g/mol. The molecule has 0 bridgehead atoms. The third-order valence-corrected chi connectivity index (χ3v) is 6.32. The molecule has 3 aromatic carbocycles. The van der Waals surface area contributed by atoms with E-state index in [0.717, 1.165) is 12.3 Å². The summed E-state index contributed by atoms with van der Waals surface area (Å²) in [5.41, 5.74) is -0.323. The largest absolute Gasteiger partial charge is 0.324 e. The van der Waals surface area contributed by atoms with Crippen molar-refractivity contribution >= 4 is 44.8 Å². The van der Waals surface area contributed by atoms with Crippen LogP contribution in [-0.4, -0.2) is 32.2 Å². The molecule has 0 heterocycles. The summed E-state index contributed by atoms with van der Waals surface area (Å²) in [6.07, 6.45) is 1.08. The maximum atomic E-state index is 14.8. The van der Waals surface area contributed by atoms with Crippen molar-refractivity contribution in [1.82, 2.24) is 5.32 Å². The number of hydrogen-bond donors (Lipinski definition) is 3. The highest BCUT2D eigenvalue weighted by molar-refractivity contribution is 7.90. The lowest BCUT2D eigenvalue weighted by molar-refractivity contribution is -0.120. The molecule has 3 aromatic rings. The first kappa shape index (κ1) is 25.2. The number of carbonyl (C=O) groups is 2. The van der Waals surface area contributed by atoms with E-state index >= 15 is 0 Å². The molecule has 34 heavy (non-hydrogen) atoms. The molecule has 0 fully saturated rings. The second-order valence-corrected chi connectivity index (χ2v) is 10.5. The molecule has 0 unspecified atom stereocenters. The molecule has 10 heteroatoms. The molecular formula is C24H23ClFN3O4S. The number of anilines is 2. The number of sulfone groups is 1. The van der Waals surface area contributed by atoms with Crippen molar-refractivity contribution in [3.63, 3.8) is 0 Å². The fourth-order valence-corrected chi connectivity index (χ4v) is 4.16. The normalized spacial score (nSPS) is 11.6. The van der Waals surface area contributed by atoms with Crippen LogP contribution in [0.2, 0.25) is 5.02 Å². The van der Waals surface area contributed by atoms with E-state index in [9.17, 15) is 22.4 Å². The first-order valence-corrected chi connectivity index (χ1v) is 12.4. The highest BCUT2D eigenvalue weighted by atomic mass is 35.5. The van der Waals surface area contributed by atoms with Crippen LogP contribution >= 0.6 is 11.6 Å². The molecule has 0 aliphatic rings. The maximum Gasteiger partial charge on any atom is 0.320 e. The Bertz CT molecular complexity index is 1340. The van der Waals surface area contributed by atoms with Crippen LogP contribution in [0.1, 0.15) is 13.8 Å². The molecule has 0 aliphatic heterocycles. The fourth-order valence-electron chi connectivity index (χ4n) is 3.13. The second-order valence-electron chi connectivity index (χ2n) is 8.13. The Kier molecular flexibility index (Phi) is 7.28. The molecule has 0 saturated heterocycles. The van der Waals surface area contributed by atoms with Gasteiger partial charge in [0, 0.05) is 22.5 Å². The van der Waals surface area contributed by atoms with Gasteiger partial charge in [0.05, 0.1) is 10.6 Å². The van der Waals surface area contributed by atoms with Crippen molar-refractivity contribution in [2.24, 2.45) is 0 Å². The summed E-state index contributed by atoms with van der Waals surface area (Å²) in [5, 5.41) is 8.09. The molecule has 0 aromatic heterocycles. The van der Waals surface area contributed by atoms with Gasteiger partial charge in [0.1, 0.15) is 11.4 Å². The van der Waals surface area contributed by atoms with Crippen LogP contribution in [0.4, 0.5) is 20.6 Å². The van der Waals surface area contributed by atoms with Gasteiger partial charge < -0.3 is 16.0 Å². The third-order valence-electron chi connectivity index (χ3n) is 4.91. The monoisotopic (exact) mass is 503 g/mol. The van der Waals surface area contributed by atoms with Gasteiger partial charge in [-0.05, 0) is 61.9 Å². The number of benzene rings is 3. The van der Waals surface area contributed by atoms with Gasteiger partial charge in [-0.25, -0.2) is 17.6 Å². The van der Waals surface area contributed by atoms with Crippen molar-refractivity contribution in [3.05, 3.63) is 77.6 Å². The zero-order valence-corrected chi connectivity index (χ0v) is 20.2. The Morgan fingerprint density at radius 2 is 1.59 bits per heavy atom. The molecule has 0 spiro atoms. The number of urea groups is 1. The highest BCUT2D eigenvalue weighted by Gasteiger charge is 2.30. The zero-order chi connectivity index (χ0) is 25.1. The van der Waals surface area contributed by atoms with E-state index in [1.165, 1.54) is 32.0 Å². The quantitative estimate of drug-likeness (QED) is 0.436. The van der Waals surface area contributed by atoms with Gasteiger partial charge in [-0.2, -0.15) is 0 Å². The molecule has 0 saturated carbocycles. The third kappa shape index (κ3) is 6.12. The van der Waals surface area contributed by atoms with Crippen LogP contribution in [0.3, 0.4) is 0 Å². The van der Waals surface area contributed by atoms with E-state index in [2.05, 4.69) is 16.0 Å². The lowest BCUT2D eigenvalue weighted by Gasteiger charge is -2.25. The van der Waals surface area contributed by atoms with Gasteiger partial charge in [-0.1, -0.05) is 35.9 Å². The number of rotatable bonds is 6. The predicted molar refractivity (Wildman–Crippen MR) is 131 cm³/mol. The van der Waals surface area contributed by atoms with Crippen molar-refractivity contribution in [1.29, 1.82) is 0 Å². The van der Waals surface area contributed by atoms with Crippen molar-refractivity contribution in [2.45, 2.75) is 24.3 Å². The molecule has 3 rings (SSSR count). The minimum absolute atomic E-state index is 0.0724. The average molecular weight is 504 g/mol. The van der Waals surface area contributed by atoms with Crippen LogP contribution in [0, 0.1) is 5.82 Å². The number of hydrogen-bond acceptors (Lipinski definition) is 4.